The van der Waals surface area contributed by atoms with Crippen molar-refractivity contribution < 1.29 is 4.79 Å². The number of rotatable bonds is 2. The van der Waals surface area contributed by atoms with Gasteiger partial charge in [-0.05, 0) is 24.3 Å². The summed E-state index contributed by atoms with van der Waals surface area (Å²) in [4.78, 5) is 25.3. The van der Waals surface area contributed by atoms with E-state index in [9.17, 15) is 4.79 Å². The highest BCUT2D eigenvalue weighted by atomic mass is 16.2. The number of aromatic nitrogens is 5. The van der Waals surface area contributed by atoms with Crippen molar-refractivity contribution in [2.75, 3.05) is 26.2 Å². The van der Waals surface area contributed by atoms with Gasteiger partial charge in [0.2, 0.25) is 0 Å². The molecule has 3 aromatic heterocycles. The Morgan fingerprint density at radius 1 is 1.00 bits per heavy atom. The first kappa shape index (κ1) is 16.0. The number of amides is 1. The van der Waals surface area contributed by atoms with Crippen molar-refractivity contribution in [1.82, 2.24) is 33.9 Å². The number of carbonyl (C=O) groups excluding carboxylic acids is 1. The summed E-state index contributed by atoms with van der Waals surface area (Å²) in [6, 6.07) is 12.2. The molecular weight excluding hydrogens is 342 g/mol. The standard InChI is InChI=1S/C19H19N7O/c27-19(26-14-20-13-21-26)24-10-8-23(9-11-24)12-16-18-6-3-7-25(18)17-5-2-1-4-15(17)22-16/h1-7,13-14H,8-12H2. The van der Waals surface area contributed by atoms with Gasteiger partial charge in [0, 0.05) is 38.9 Å². The molecule has 136 valence electrons. The SMILES string of the molecule is O=C(N1CCN(Cc2nc3ccccc3n3cccc23)CC1)n1cncn1. The second kappa shape index (κ2) is 6.48. The molecule has 0 radical (unpaired) electrons. The van der Waals surface area contributed by atoms with Crippen LogP contribution in [-0.4, -0.2) is 66.2 Å². The van der Waals surface area contributed by atoms with E-state index in [-0.39, 0.29) is 6.03 Å². The molecule has 5 rings (SSSR count). The Labute approximate surface area is 155 Å². The Kier molecular flexibility index (Phi) is 3.83. The maximum Gasteiger partial charge on any atom is 0.346 e. The normalized spacial score (nSPS) is 15.6. The van der Waals surface area contributed by atoms with Crippen LogP contribution in [0.1, 0.15) is 5.69 Å². The molecule has 1 amide bonds. The molecule has 0 saturated carbocycles. The molecule has 0 atom stereocenters. The van der Waals surface area contributed by atoms with Gasteiger partial charge in [-0.1, -0.05) is 12.1 Å². The molecule has 1 saturated heterocycles. The van der Waals surface area contributed by atoms with Gasteiger partial charge in [-0.25, -0.2) is 14.8 Å². The van der Waals surface area contributed by atoms with Gasteiger partial charge in [0.1, 0.15) is 12.7 Å². The monoisotopic (exact) mass is 361 g/mol. The third-order valence-corrected chi connectivity index (χ3v) is 5.07. The van der Waals surface area contributed by atoms with Crippen LogP contribution in [0.25, 0.3) is 16.6 Å². The van der Waals surface area contributed by atoms with E-state index in [0.717, 1.165) is 41.9 Å². The second-order valence-corrected chi connectivity index (χ2v) is 6.70. The number of carbonyl (C=O) groups is 1. The summed E-state index contributed by atoms with van der Waals surface area (Å²) in [6.07, 6.45) is 4.90. The lowest BCUT2D eigenvalue weighted by Crippen LogP contribution is -2.49. The number of piperazine rings is 1. The Balaban J connectivity index is 1.34. The fraction of sp³-hybridized carbons (Fsp3) is 0.263. The van der Waals surface area contributed by atoms with Crippen LogP contribution in [0.15, 0.2) is 55.2 Å². The fourth-order valence-electron chi connectivity index (χ4n) is 3.67. The summed E-state index contributed by atoms with van der Waals surface area (Å²) < 4.78 is 3.48. The predicted octanol–water partition coefficient (Wildman–Crippen LogP) is 1.86. The van der Waals surface area contributed by atoms with Crippen LogP contribution in [0.5, 0.6) is 0 Å². The van der Waals surface area contributed by atoms with Crippen molar-refractivity contribution in [2.24, 2.45) is 0 Å². The van der Waals surface area contributed by atoms with Gasteiger partial charge in [-0.3, -0.25) is 4.90 Å². The molecule has 1 aliphatic rings. The van der Waals surface area contributed by atoms with E-state index in [2.05, 4.69) is 43.8 Å². The molecule has 1 fully saturated rings. The molecule has 27 heavy (non-hydrogen) atoms. The Morgan fingerprint density at radius 2 is 1.81 bits per heavy atom. The van der Waals surface area contributed by atoms with Crippen molar-refractivity contribution in [3.05, 3.63) is 60.9 Å². The quantitative estimate of drug-likeness (QED) is 0.545. The fourth-order valence-corrected chi connectivity index (χ4v) is 3.67. The van der Waals surface area contributed by atoms with E-state index in [1.807, 2.05) is 23.1 Å². The van der Waals surface area contributed by atoms with E-state index in [0.29, 0.717) is 13.1 Å². The maximum atomic E-state index is 12.4. The summed E-state index contributed by atoms with van der Waals surface area (Å²) in [5, 5.41) is 3.92. The number of hydrogen-bond donors (Lipinski definition) is 0. The molecule has 0 spiro atoms. The average Bonchev–Trinajstić information content (AvgIpc) is 3.40. The number of para-hydroxylation sites is 2. The molecule has 0 N–H and O–H groups in total. The highest BCUT2D eigenvalue weighted by molar-refractivity contribution is 5.79. The minimum absolute atomic E-state index is 0.120. The van der Waals surface area contributed by atoms with Gasteiger partial charge < -0.3 is 9.30 Å². The number of nitrogens with zero attached hydrogens (tertiary/aromatic N) is 7. The first-order valence-corrected chi connectivity index (χ1v) is 9.00. The van der Waals surface area contributed by atoms with E-state index in [1.54, 1.807) is 0 Å². The minimum atomic E-state index is -0.120. The van der Waals surface area contributed by atoms with Crippen LogP contribution in [0, 0.1) is 0 Å². The van der Waals surface area contributed by atoms with E-state index in [4.69, 9.17) is 4.98 Å². The zero-order valence-electron chi connectivity index (χ0n) is 14.8. The van der Waals surface area contributed by atoms with Crippen LogP contribution in [-0.2, 0) is 6.54 Å². The van der Waals surface area contributed by atoms with E-state index in [1.165, 1.54) is 17.3 Å². The van der Waals surface area contributed by atoms with Crippen molar-refractivity contribution in [1.29, 1.82) is 0 Å². The third-order valence-electron chi connectivity index (χ3n) is 5.07. The summed E-state index contributed by atoms with van der Waals surface area (Å²) in [5.41, 5.74) is 4.31. The highest BCUT2D eigenvalue weighted by Gasteiger charge is 2.23. The highest BCUT2D eigenvalue weighted by Crippen LogP contribution is 2.20. The van der Waals surface area contributed by atoms with Gasteiger partial charge in [-0.2, -0.15) is 9.78 Å². The zero-order valence-corrected chi connectivity index (χ0v) is 14.8. The molecule has 4 aromatic rings. The molecule has 0 aliphatic carbocycles. The van der Waals surface area contributed by atoms with Gasteiger partial charge in [0.05, 0.1) is 22.2 Å². The third kappa shape index (κ3) is 2.83. The number of benzene rings is 1. The predicted molar refractivity (Wildman–Crippen MR) is 100 cm³/mol. The Hall–Kier alpha value is -3.26. The summed E-state index contributed by atoms with van der Waals surface area (Å²) in [5.74, 6) is 0. The molecule has 1 aromatic carbocycles. The molecule has 0 bridgehead atoms. The Morgan fingerprint density at radius 3 is 2.63 bits per heavy atom. The number of hydrogen-bond acceptors (Lipinski definition) is 5. The average molecular weight is 361 g/mol. The largest absolute Gasteiger partial charge is 0.346 e. The van der Waals surface area contributed by atoms with E-state index >= 15 is 0 Å². The molecule has 8 heteroatoms. The first-order valence-electron chi connectivity index (χ1n) is 9.00. The van der Waals surface area contributed by atoms with Gasteiger partial charge in [-0.15, -0.1) is 0 Å². The van der Waals surface area contributed by atoms with Gasteiger partial charge in [0.25, 0.3) is 0 Å². The summed E-state index contributed by atoms with van der Waals surface area (Å²) in [6.45, 7) is 3.72. The molecule has 0 unspecified atom stereocenters. The molecule has 1 aliphatic heterocycles. The van der Waals surface area contributed by atoms with Crippen LogP contribution < -0.4 is 0 Å². The second-order valence-electron chi connectivity index (χ2n) is 6.70. The van der Waals surface area contributed by atoms with Crippen LogP contribution >= 0.6 is 0 Å². The Bertz CT molecular complexity index is 1090. The molecular formula is C19H19N7O. The topological polar surface area (TPSA) is 71.6 Å². The zero-order chi connectivity index (χ0) is 18.2. The van der Waals surface area contributed by atoms with Crippen LogP contribution in [0.2, 0.25) is 0 Å². The van der Waals surface area contributed by atoms with Gasteiger partial charge >= 0.3 is 6.03 Å². The lowest BCUT2D eigenvalue weighted by Gasteiger charge is -2.34. The molecule has 4 heterocycles. The smallest absolute Gasteiger partial charge is 0.320 e. The van der Waals surface area contributed by atoms with Crippen molar-refractivity contribution >= 4 is 22.6 Å². The van der Waals surface area contributed by atoms with E-state index < -0.39 is 0 Å². The summed E-state index contributed by atoms with van der Waals surface area (Å²) >= 11 is 0. The van der Waals surface area contributed by atoms with Crippen molar-refractivity contribution in [3.8, 4) is 0 Å². The van der Waals surface area contributed by atoms with Crippen LogP contribution in [0.4, 0.5) is 4.79 Å². The number of fused-ring (bicyclic) bond motifs is 3. The lowest BCUT2D eigenvalue weighted by molar-refractivity contribution is 0.134. The maximum absolute atomic E-state index is 12.4. The lowest BCUT2D eigenvalue weighted by atomic mass is 10.2. The summed E-state index contributed by atoms with van der Waals surface area (Å²) in [7, 11) is 0. The van der Waals surface area contributed by atoms with Gasteiger partial charge in [0.15, 0.2) is 0 Å². The van der Waals surface area contributed by atoms with Crippen LogP contribution in [0.3, 0.4) is 0 Å². The van der Waals surface area contributed by atoms with Crippen molar-refractivity contribution in [3.63, 3.8) is 0 Å². The first-order chi connectivity index (χ1) is 13.3. The van der Waals surface area contributed by atoms with Crippen molar-refractivity contribution in [2.45, 2.75) is 6.54 Å². The minimum Gasteiger partial charge on any atom is -0.320 e. The molecule has 8 nitrogen and oxygen atoms in total.